The fourth-order valence-corrected chi connectivity index (χ4v) is 3.63. The zero-order valence-corrected chi connectivity index (χ0v) is 11.7. The van der Waals surface area contributed by atoms with Crippen LogP contribution in [0.15, 0.2) is 47.4 Å². The van der Waals surface area contributed by atoms with Crippen molar-refractivity contribution >= 4 is 38.0 Å². The lowest BCUT2D eigenvalue weighted by Crippen LogP contribution is -1.96. The average molecular weight is 306 g/mol. The molecule has 3 aromatic rings. The molecule has 0 radical (unpaired) electrons. The topological polar surface area (TPSA) is 4.93 Å². The van der Waals surface area contributed by atoms with Crippen molar-refractivity contribution in [3.05, 3.63) is 58.5 Å². The normalized spacial score (nSPS) is 11.1. The monoisotopic (exact) mass is 305 g/mol. The molecule has 17 heavy (non-hydrogen) atoms. The van der Waals surface area contributed by atoms with E-state index in [9.17, 15) is 0 Å². The first kappa shape index (κ1) is 11.1. The first-order valence-electron chi connectivity index (χ1n) is 5.51. The lowest BCUT2D eigenvalue weighted by atomic mass is 10.2. The summed E-state index contributed by atoms with van der Waals surface area (Å²) < 4.78 is 2.26. The number of halogens is 1. The zero-order valence-electron chi connectivity index (χ0n) is 9.27. The maximum absolute atomic E-state index is 3.53. The Labute approximate surface area is 113 Å². The predicted octanol–water partition coefficient (Wildman–Crippen LogP) is 4.65. The molecule has 0 fully saturated rings. The average Bonchev–Trinajstić information content (AvgIpc) is 2.94. The van der Waals surface area contributed by atoms with Crippen LogP contribution in [0, 0.1) is 0 Å². The third-order valence-electron chi connectivity index (χ3n) is 2.94. The van der Waals surface area contributed by atoms with Crippen molar-refractivity contribution < 1.29 is 0 Å². The Hall–Kier alpha value is -1.06. The SMILES string of the molecule is BrCc1cscc1Cn1cc2ccccc2c1. The highest BCUT2D eigenvalue weighted by molar-refractivity contribution is 9.08. The van der Waals surface area contributed by atoms with Crippen molar-refractivity contribution in [3.63, 3.8) is 0 Å². The van der Waals surface area contributed by atoms with Gasteiger partial charge in [0.2, 0.25) is 0 Å². The minimum atomic E-state index is 0.937. The van der Waals surface area contributed by atoms with Crippen LogP contribution in [0.1, 0.15) is 11.1 Å². The Bertz CT molecular complexity index is 605. The van der Waals surface area contributed by atoms with E-state index in [2.05, 4.69) is 67.9 Å². The molecule has 0 aliphatic rings. The van der Waals surface area contributed by atoms with Crippen LogP contribution < -0.4 is 0 Å². The minimum absolute atomic E-state index is 0.937. The molecule has 0 bridgehead atoms. The third-order valence-corrected chi connectivity index (χ3v) is 4.38. The van der Waals surface area contributed by atoms with Gasteiger partial charge in [-0.3, -0.25) is 0 Å². The molecule has 86 valence electrons. The van der Waals surface area contributed by atoms with E-state index in [-0.39, 0.29) is 0 Å². The molecule has 1 aromatic carbocycles. The van der Waals surface area contributed by atoms with E-state index in [4.69, 9.17) is 0 Å². The molecular formula is C14H12BrNS. The maximum atomic E-state index is 3.53. The van der Waals surface area contributed by atoms with Gasteiger partial charge in [0.25, 0.3) is 0 Å². The molecular weight excluding hydrogens is 294 g/mol. The van der Waals surface area contributed by atoms with Crippen LogP contribution in [-0.4, -0.2) is 4.57 Å². The Balaban J connectivity index is 1.94. The van der Waals surface area contributed by atoms with Gasteiger partial charge in [-0.2, -0.15) is 11.3 Å². The van der Waals surface area contributed by atoms with E-state index < -0.39 is 0 Å². The highest BCUT2D eigenvalue weighted by Gasteiger charge is 2.04. The van der Waals surface area contributed by atoms with Gasteiger partial charge in [-0.15, -0.1) is 0 Å². The van der Waals surface area contributed by atoms with E-state index in [1.54, 1.807) is 11.3 Å². The fourth-order valence-electron chi connectivity index (χ4n) is 2.03. The summed E-state index contributed by atoms with van der Waals surface area (Å²) >= 11 is 5.31. The molecule has 0 aliphatic heterocycles. The molecule has 2 heterocycles. The van der Waals surface area contributed by atoms with Crippen LogP contribution >= 0.6 is 27.3 Å². The van der Waals surface area contributed by atoms with Crippen molar-refractivity contribution in [2.24, 2.45) is 0 Å². The lowest BCUT2D eigenvalue weighted by Gasteiger charge is -2.02. The summed E-state index contributed by atoms with van der Waals surface area (Å²) in [4.78, 5) is 0. The van der Waals surface area contributed by atoms with Gasteiger partial charge in [0, 0.05) is 24.3 Å². The highest BCUT2D eigenvalue weighted by Crippen LogP contribution is 2.21. The van der Waals surface area contributed by atoms with Gasteiger partial charge in [0.15, 0.2) is 0 Å². The van der Waals surface area contributed by atoms with Crippen molar-refractivity contribution in [2.75, 3.05) is 0 Å². The summed E-state index contributed by atoms with van der Waals surface area (Å²) in [7, 11) is 0. The quantitative estimate of drug-likeness (QED) is 0.621. The Morgan fingerprint density at radius 1 is 1.00 bits per heavy atom. The second-order valence-electron chi connectivity index (χ2n) is 4.12. The first-order valence-corrected chi connectivity index (χ1v) is 7.57. The number of rotatable bonds is 3. The molecule has 0 unspecified atom stereocenters. The molecule has 0 N–H and O–H groups in total. The molecule has 0 aliphatic carbocycles. The van der Waals surface area contributed by atoms with Crippen molar-refractivity contribution in [3.8, 4) is 0 Å². The molecule has 0 saturated heterocycles. The molecule has 0 spiro atoms. The Morgan fingerprint density at radius 2 is 1.65 bits per heavy atom. The predicted molar refractivity (Wildman–Crippen MR) is 78.0 cm³/mol. The molecule has 3 rings (SSSR count). The molecule has 2 aromatic heterocycles. The number of thiophene rings is 1. The summed E-state index contributed by atoms with van der Waals surface area (Å²) in [5, 5.41) is 8.01. The van der Waals surface area contributed by atoms with Crippen LogP contribution in [0.2, 0.25) is 0 Å². The number of nitrogens with zero attached hydrogens (tertiary/aromatic N) is 1. The van der Waals surface area contributed by atoms with E-state index in [1.807, 2.05) is 0 Å². The van der Waals surface area contributed by atoms with Crippen LogP contribution in [0.5, 0.6) is 0 Å². The first-order chi connectivity index (χ1) is 8.36. The minimum Gasteiger partial charge on any atom is -0.349 e. The third kappa shape index (κ3) is 2.17. The molecule has 1 nitrogen and oxygen atoms in total. The molecule has 0 saturated carbocycles. The fraction of sp³-hybridized carbons (Fsp3) is 0.143. The summed E-state index contributed by atoms with van der Waals surface area (Å²) in [5.74, 6) is 0. The lowest BCUT2D eigenvalue weighted by molar-refractivity contribution is 0.807. The Morgan fingerprint density at radius 3 is 2.29 bits per heavy atom. The maximum Gasteiger partial charge on any atom is 0.0481 e. The summed E-state index contributed by atoms with van der Waals surface area (Å²) in [6, 6.07) is 8.48. The van der Waals surface area contributed by atoms with E-state index in [0.29, 0.717) is 0 Å². The number of hydrogen-bond donors (Lipinski definition) is 0. The van der Waals surface area contributed by atoms with Crippen molar-refractivity contribution in [1.29, 1.82) is 0 Å². The van der Waals surface area contributed by atoms with Gasteiger partial charge in [-0.1, -0.05) is 40.2 Å². The second kappa shape index (κ2) is 4.67. The van der Waals surface area contributed by atoms with Crippen LogP contribution in [0.4, 0.5) is 0 Å². The van der Waals surface area contributed by atoms with Gasteiger partial charge in [-0.25, -0.2) is 0 Å². The second-order valence-corrected chi connectivity index (χ2v) is 5.42. The Kier molecular flexibility index (Phi) is 3.04. The van der Waals surface area contributed by atoms with E-state index in [0.717, 1.165) is 11.9 Å². The highest BCUT2D eigenvalue weighted by atomic mass is 79.9. The smallest absolute Gasteiger partial charge is 0.0481 e. The largest absolute Gasteiger partial charge is 0.349 e. The number of alkyl halides is 1. The number of fused-ring (bicyclic) bond motifs is 1. The standard InChI is InChI=1S/C14H12BrNS/c15-5-13-9-17-10-14(13)8-16-6-11-3-1-2-4-12(11)7-16/h1-4,6-7,9-10H,5,8H2. The van der Waals surface area contributed by atoms with E-state index >= 15 is 0 Å². The van der Waals surface area contributed by atoms with Gasteiger partial charge < -0.3 is 4.57 Å². The molecule has 0 atom stereocenters. The zero-order chi connectivity index (χ0) is 11.7. The van der Waals surface area contributed by atoms with Crippen molar-refractivity contribution in [2.45, 2.75) is 11.9 Å². The number of hydrogen-bond acceptors (Lipinski definition) is 1. The summed E-state index contributed by atoms with van der Waals surface area (Å²) in [5.41, 5.74) is 2.81. The number of aromatic nitrogens is 1. The van der Waals surface area contributed by atoms with Gasteiger partial charge >= 0.3 is 0 Å². The van der Waals surface area contributed by atoms with E-state index in [1.165, 1.54) is 21.9 Å². The van der Waals surface area contributed by atoms with Crippen LogP contribution in [-0.2, 0) is 11.9 Å². The van der Waals surface area contributed by atoms with Crippen LogP contribution in [0.3, 0.4) is 0 Å². The van der Waals surface area contributed by atoms with Gasteiger partial charge in [0.05, 0.1) is 0 Å². The summed E-state index contributed by atoms with van der Waals surface area (Å²) in [6.45, 7) is 0.957. The van der Waals surface area contributed by atoms with Crippen molar-refractivity contribution in [1.82, 2.24) is 4.57 Å². The molecule has 3 heteroatoms. The van der Waals surface area contributed by atoms with Gasteiger partial charge in [0.1, 0.15) is 0 Å². The summed E-state index contributed by atoms with van der Waals surface area (Å²) in [6.07, 6.45) is 4.43. The molecule has 0 amide bonds. The number of benzene rings is 1. The van der Waals surface area contributed by atoms with Gasteiger partial charge in [-0.05, 0) is 32.7 Å². The van der Waals surface area contributed by atoms with Crippen LogP contribution in [0.25, 0.3) is 10.8 Å².